The SMILES string of the molecule is Cc1ccc(C)c(S(=O)(=O)N2CCN(c3ncnc4sc5c(c34)CCCC5)CC2)c1. The highest BCUT2D eigenvalue weighted by atomic mass is 32.2. The Bertz CT molecular complexity index is 1210. The predicted octanol–water partition coefficient (Wildman–Crippen LogP) is 3.70. The highest BCUT2D eigenvalue weighted by Gasteiger charge is 2.31. The van der Waals surface area contributed by atoms with Gasteiger partial charge in [-0.05, 0) is 62.3 Å². The molecule has 0 amide bonds. The van der Waals surface area contributed by atoms with Crippen LogP contribution in [0.5, 0.6) is 0 Å². The summed E-state index contributed by atoms with van der Waals surface area (Å²) in [4.78, 5) is 14.3. The van der Waals surface area contributed by atoms with E-state index in [0.717, 1.165) is 34.6 Å². The minimum atomic E-state index is -3.49. The number of rotatable bonds is 3. The van der Waals surface area contributed by atoms with Crippen molar-refractivity contribution in [3.63, 3.8) is 0 Å². The summed E-state index contributed by atoms with van der Waals surface area (Å²) in [6, 6.07) is 5.62. The summed E-state index contributed by atoms with van der Waals surface area (Å²) >= 11 is 1.80. The Morgan fingerprint density at radius 1 is 1.00 bits per heavy atom. The van der Waals surface area contributed by atoms with Gasteiger partial charge in [-0.1, -0.05) is 12.1 Å². The molecule has 0 atom stereocenters. The smallest absolute Gasteiger partial charge is 0.243 e. The molecule has 3 aromatic rings. The number of aromatic nitrogens is 2. The van der Waals surface area contributed by atoms with Crippen LogP contribution in [0.25, 0.3) is 10.2 Å². The second-order valence-electron chi connectivity index (χ2n) is 8.25. The zero-order chi connectivity index (χ0) is 20.9. The van der Waals surface area contributed by atoms with Gasteiger partial charge in [-0.15, -0.1) is 11.3 Å². The lowest BCUT2D eigenvalue weighted by atomic mass is 9.97. The first-order chi connectivity index (χ1) is 14.4. The van der Waals surface area contributed by atoms with Crippen molar-refractivity contribution in [2.45, 2.75) is 44.4 Å². The topological polar surface area (TPSA) is 66.4 Å². The number of fused-ring (bicyclic) bond motifs is 3. The fourth-order valence-corrected chi connectivity index (χ4v) is 7.53. The Morgan fingerprint density at radius 2 is 1.77 bits per heavy atom. The van der Waals surface area contributed by atoms with E-state index < -0.39 is 10.0 Å². The van der Waals surface area contributed by atoms with E-state index in [1.807, 2.05) is 26.0 Å². The first-order valence-electron chi connectivity index (χ1n) is 10.5. The molecule has 0 saturated carbocycles. The van der Waals surface area contributed by atoms with Gasteiger partial charge in [-0.25, -0.2) is 18.4 Å². The predicted molar refractivity (Wildman–Crippen MR) is 121 cm³/mol. The Kier molecular flexibility index (Phi) is 5.03. The second kappa shape index (κ2) is 7.59. The van der Waals surface area contributed by atoms with Crippen LogP contribution in [0, 0.1) is 13.8 Å². The van der Waals surface area contributed by atoms with Crippen molar-refractivity contribution in [3.05, 3.63) is 46.1 Å². The quantitative estimate of drug-likeness (QED) is 0.619. The second-order valence-corrected chi connectivity index (χ2v) is 11.2. The van der Waals surface area contributed by atoms with E-state index in [2.05, 4.69) is 14.9 Å². The number of aryl methyl sites for hydroxylation is 4. The highest BCUT2D eigenvalue weighted by molar-refractivity contribution is 7.89. The van der Waals surface area contributed by atoms with Crippen molar-refractivity contribution in [3.8, 4) is 0 Å². The number of thiophene rings is 1. The number of anilines is 1. The number of sulfonamides is 1. The van der Waals surface area contributed by atoms with Crippen LogP contribution in [0.4, 0.5) is 5.82 Å². The first kappa shape index (κ1) is 19.9. The van der Waals surface area contributed by atoms with Gasteiger partial charge in [0.1, 0.15) is 17.0 Å². The number of benzene rings is 1. The van der Waals surface area contributed by atoms with E-state index >= 15 is 0 Å². The summed E-state index contributed by atoms with van der Waals surface area (Å²) in [6.45, 7) is 6.00. The summed E-state index contributed by atoms with van der Waals surface area (Å²) in [5.41, 5.74) is 3.18. The fraction of sp³-hybridized carbons (Fsp3) is 0.455. The molecule has 2 aliphatic rings. The molecule has 1 fully saturated rings. The van der Waals surface area contributed by atoms with Crippen LogP contribution in [0.15, 0.2) is 29.4 Å². The third-order valence-corrected chi connectivity index (χ3v) is 9.47. The molecule has 158 valence electrons. The molecule has 0 bridgehead atoms. The van der Waals surface area contributed by atoms with Crippen molar-refractivity contribution in [1.82, 2.24) is 14.3 Å². The normalized spacial score (nSPS) is 18.0. The van der Waals surface area contributed by atoms with E-state index in [9.17, 15) is 8.42 Å². The zero-order valence-corrected chi connectivity index (χ0v) is 19.0. The maximum absolute atomic E-state index is 13.2. The monoisotopic (exact) mass is 442 g/mol. The van der Waals surface area contributed by atoms with E-state index in [-0.39, 0.29) is 0 Å². The minimum Gasteiger partial charge on any atom is -0.353 e. The van der Waals surface area contributed by atoms with E-state index in [1.54, 1.807) is 28.0 Å². The number of hydrogen-bond donors (Lipinski definition) is 0. The lowest BCUT2D eigenvalue weighted by Crippen LogP contribution is -2.49. The van der Waals surface area contributed by atoms with Crippen LogP contribution < -0.4 is 4.90 Å². The molecule has 1 aromatic carbocycles. The Labute approximate surface area is 181 Å². The molecule has 8 heteroatoms. The summed E-state index contributed by atoms with van der Waals surface area (Å²) in [5, 5.41) is 1.20. The number of nitrogens with zero attached hydrogens (tertiary/aromatic N) is 4. The Hall–Kier alpha value is -2.03. The maximum atomic E-state index is 13.2. The van der Waals surface area contributed by atoms with Crippen LogP contribution in [-0.4, -0.2) is 48.9 Å². The van der Waals surface area contributed by atoms with E-state index in [0.29, 0.717) is 31.1 Å². The standard InChI is InChI=1S/C22H26N4O2S2/c1-15-7-8-16(2)19(13-15)30(27,28)26-11-9-25(10-12-26)21-20-17-5-3-4-6-18(17)29-22(20)24-14-23-21/h7-8,13-14H,3-6,9-12H2,1-2H3. The first-order valence-corrected chi connectivity index (χ1v) is 12.8. The van der Waals surface area contributed by atoms with Crippen molar-refractivity contribution in [1.29, 1.82) is 0 Å². The Morgan fingerprint density at radius 3 is 2.57 bits per heavy atom. The third kappa shape index (κ3) is 3.31. The van der Waals surface area contributed by atoms with Crippen molar-refractivity contribution < 1.29 is 8.42 Å². The number of hydrogen-bond acceptors (Lipinski definition) is 6. The molecular formula is C22H26N4O2S2. The average Bonchev–Trinajstić information content (AvgIpc) is 3.14. The van der Waals surface area contributed by atoms with Crippen molar-refractivity contribution in [2.24, 2.45) is 0 Å². The van der Waals surface area contributed by atoms with Crippen LogP contribution >= 0.6 is 11.3 Å². The third-order valence-electron chi connectivity index (χ3n) is 6.23. The molecule has 5 rings (SSSR count). The summed E-state index contributed by atoms with van der Waals surface area (Å²) in [7, 11) is -3.49. The molecule has 1 aliphatic carbocycles. The molecule has 0 spiro atoms. The molecule has 30 heavy (non-hydrogen) atoms. The molecular weight excluding hydrogens is 416 g/mol. The van der Waals surface area contributed by atoms with Gasteiger partial charge >= 0.3 is 0 Å². The lowest BCUT2D eigenvalue weighted by molar-refractivity contribution is 0.384. The van der Waals surface area contributed by atoms with Gasteiger partial charge in [-0.2, -0.15) is 4.31 Å². The maximum Gasteiger partial charge on any atom is 0.243 e. The van der Waals surface area contributed by atoms with Gasteiger partial charge in [0.25, 0.3) is 0 Å². The van der Waals surface area contributed by atoms with Crippen LogP contribution in [-0.2, 0) is 22.9 Å². The number of piperazine rings is 1. The summed E-state index contributed by atoms with van der Waals surface area (Å²) in [5.74, 6) is 0.975. The molecule has 0 radical (unpaired) electrons. The van der Waals surface area contributed by atoms with Gasteiger partial charge in [-0.3, -0.25) is 0 Å². The van der Waals surface area contributed by atoms with Crippen molar-refractivity contribution >= 4 is 37.4 Å². The van der Waals surface area contributed by atoms with E-state index in [1.165, 1.54) is 28.7 Å². The van der Waals surface area contributed by atoms with Gasteiger partial charge in [0.2, 0.25) is 10.0 Å². The molecule has 1 aliphatic heterocycles. The van der Waals surface area contributed by atoms with Gasteiger partial charge in [0.05, 0.1) is 10.3 Å². The molecule has 2 aromatic heterocycles. The van der Waals surface area contributed by atoms with Gasteiger partial charge in [0.15, 0.2) is 0 Å². The fourth-order valence-electron chi connectivity index (χ4n) is 4.58. The van der Waals surface area contributed by atoms with Gasteiger partial charge in [0, 0.05) is 31.1 Å². The molecule has 6 nitrogen and oxygen atoms in total. The van der Waals surface area contributed by atoms with Crippen LogP contribution in [0.3, 0.4) is 0 Å². The lowest BCUT2D eigenvalue weighted by Gasteiger charge is -2.35. The average molecular weight is 443 g/mol. The molecule has 3 heterocycles. The molecule has 0 unspecified atom stereocenters. The highest BCUT2D eigenvalue weighted by Crippen LogP contribution is 2.39. The minimum absolute atomic E-state index is 0.423. The largest absolute Gasteiger partial charge is 0.353 e. The van der Waals surface area contributed by atoms with Crippen molar-refractivity contribution in [2.75, 3.05) is 31.1 Å². The summed E-state index contributed by atoms with van der Waals surface area (Å²) in [6.07, 6.45) is 6.35. The van der Waals surface area contributed by atoms with Crippen LogP contribution in [0.1, 0.15) is 34.4 Å². The zero-order valence-electron chi connectivity index (χ0n) is 17.4. The Balaban J connectivity index is 1.42. The molecule has 0 N–H and O–H groups in total. The van der Waals surface area contributed by atoms with Gasteiger partial charge < -0.3 is 4.90 Å². The van der Waals surface area contributed by atoms with Crippen LogP contribution in [0.2, 0.25) is 0 Å². The molecule has 1 saturated heterocycles. The summed E-state index contributed by atoms with van der Waals surface area (Å²) < 4.78 is 28.1. The van der Waals surface area contributed by atoms with E-state index in [4.69, 9.17) is 0 Å².